The molecule has 0 amide bonds. The van der Waals surface area contributed by atoms with E-state index in [0.29, 0.717) is 6.42 Å². The van der Waals surface area contributed by atoms with E-state index in [9.17, 15) is 4.79 Å². The summed E-state index contributed by atoms with van der Waals surface area (Å²) >= 11 is 0. The van der Waals surface area contributed by atoms with Gasteiger partial charge in [-0.2, -0.15) is 0 Å². The number of unbranched alkanes of at least 4 members (excludes halogenated alkanes) is 1. The van der Waals surface area contributed by atoms with Gasteiger partial charge < -0.3 is 4.79 Å². The maximum absolute atomic E-state index is 10.7. The second-order valence-corrected chi connectivity index (χ2v) is 3.49. The Hall–Kier alpha value is -1.19. The first-order valence-corrected chi connectivity index (χ1v) is 5.11. The number of rotatable bonds is 6. The van der Waals surface area contributed by atoms with E-state index in [0.717, 1.165) is 31.5 Å². The monoisotopic (exact) mass is 195 g/mol. The van der Waals surface area contributed by atoms with Crippen molar-refractivity contribution < 1.29 is 4.79 Å². The Morgan fingerprint density at radius 3 is 2.86 bits per heavy atom. The SMILES string of the molecule is CCc1cn(CCCCC(C)=O)nn1. The Labute approximate surface area is 84.3 Å². The number of ketones is 1. The smallest absolute Gasteiger partial charge is 0.129 e. The minimum absolute atomic E-state index is 0.262. The zero-order chi connectivity index (χ0) is 10.4. The first kappa shape index (κ1) is 10.9. The molecule has 0 aromatic carbocycles. The highest BCUT2D eigenvalue weighted by atomic mass is 16.1. The number of carbonyl (C=O) groups excluding carboxylic acids is 1. The summed E-state index contributed by atoms with van der Waals surface area (Å²) < 4.78 is 1.85. The van der Waals surface area contributed by atoms with Gasteiger partial charge in [0.05, 0.1) is 5.69 Å². The molecule has 0 bridgehead atoms. The lowest BCUT2D eigenvalue weighted by molar-refractivity contribution is -0.117. The minimum Gasteiger partial charge on any atom is -0.300 e. The Morgan fingerprint density at radius 1 is 1.50 bits per heavy atom. The number of hydrogen-bond acceptors (Lipinski definition) is 3. The Bertz CT molecular complexity index is 293. The van der Waals surface area contributed by atoms with Gasteiger partial charge in [-0.25, -0.2) is 0 Å². The van der Waals surface area contributed by atoms with Gasteiger partial charge in [-0.05, 0) is 26.2 Å². The normalized spacial score (nSPS) is 10.4. The first-order valence-electron chi connectivity index (χ1n) is 5.11. The van der Waals surface area contributed by atoms with Crippen LogP contribution in [0.4, 0.5) is 0 Å². The number of aromatic nitrogens is 3. The summed E-state index contributed by atoms with van der Waals surface area (Å²) in [5.74, 6) is 0.262. The van der Waals surface area contributed by atoms with Gasteiger partial charge in [0.15, 0.2) is 0 Å². The first-order chi connectivity index (χ1) is 6.72. The highest BCUT2D eigenvalue weighted by molar-refractivity contribution is 5.75. The third-order valence-corrected chi connectivity index (χ3v) is 2.11. The quantitative estimate of drug-likeness (QED) is 0.648. The van der Waals surface area contributed by atoms with E-state index in [1.54, 1.807) is 6.92 Å². The summed E-state index contributed by atoms with van der Waals surface area (Å²) in [6, 6.07) is 0. The van der Waals surface area contributed by atoms with E-state index in [-0.39, 0.29) is 5.78 Å². The summed E-state index contributed by atoms with van der Waals surface area (Å²) in [7, 11) is 0. The Balaban J connectivity index is 2.21. The molecule has 0 fully saturated rings. The van der Waals surface area contributed by atoms with Gasteiger partial charge in [0, 0.05) is 19.2 Å². The van der Waals surface area contributed by atoms with Gasteiger partial charge in [-0.3, -0.25) is 4.68 Å². The molecule has 0 aliphatic carbocycles. The van der Waals surface area contributed by atoms with E-state index >= 15 is 0 Å². The predicted molar refractivity (Wildman–Crippen MR) is 53.9 cm³/mol. The molecular weight excluding hydrogens is 178 g/mol. The number of nitrogens with zero attached hydrogens (tertiary/aromatic N) is 3. The van der Waals surface area contributed by atoms with Crippen LogP contribution in [0.15, 0.2) is 6.20 Å². The second-order valence-electron chi connectivity index (χ2n) is 3.49. The number of Topliss-reactive ketones (excluding diaryl/α,β-unsaturated/α-hetero) is 1. The highest BCUT2D eigenvalue weighted by Gasteiger charge is 1.98. The molecule has 0 unspecified atom stereocenters. The number of hydrogen-bond donors (Lipinski definition) is 0. The standard InChI is InChI=1S/C10H17N3O/c1-3-10-8-13(12-11-10)7-5-4-6-9(2)14/h8H,3-7H2,1-2H3. The number of aryl methyl sites for hydroxylation is 2. The van der Waals surface area contributed by atoms with Crippen LogP contribution in [0.2, 0.25) is 0 Å². The van der Waals surface area contributed by atoms with Gasteiger partial charge in [-0.1, -0.05) is 12.1 Å². The van der Waals surface area contributed by atoms with E-state index < -0.39 is 0 Å². The molecule has 1 rings (SSSR count). The van der Waals surface area contributed by atoms with Crippen molar-refractivity contribution in [1.29, 1.82) is 0 Å². The summed E-state index contributed by atoms with van der Waals surface area (Å²) in [5.41, 5.74) is 1.02. The molecule has 78 valence electrons. The minimum atomic E-state index is 0.262. The van der Waals surface area contributed by atoms with E-state index in [1.165, 1.54) is 0 Å². The van der Waals surface area contributed by atoms with Crippen LogP contribution in [0.5, 0.6) is 0 Å². The molecule has 0 spiro atoms. The largest absolute Gasteiger partial charge is 0.300 e. The maximum atomic E-state index is 10.7. The average Bonchev–Trinajstić information content (AvgIpc) is 2.60. The molecule has 0 saturated carbocycles. The van der Waals surface area contributed by atoms with Crippen molar-refractivity contribution in [2.24, 2.45) is 0 Å². The van der Waals surface area contributed by atoms with E-state index in [4.69, 9.17) is 0 Å². The van der Waals surface area contributed by atoms with E-state index in [1.807, 2.05) is 10.9 Å². The highest BCUT2D eigenvalue weighted by Crippen LogP contribution is 2.00. The van der Waals surface area contributed by atoms with Gasteiger partial charge in [0.1, 0.15) is 5.78 Å². The molecule has 0 saturated heterocycles. The van der Waals surface area contributed by atoms with Crippen LogP contribution in [-0.4, -0.2) is 20.8 Å². The van der Waals surface area contributed by atoms with Crippen LogP contribution in [0.1, 0.15) is 38.8 Å². The summed E-state index contributed by atoms with van der Waals surface area (Å²) in [5, 5.41) is 7.98. The van der Waals surface area contributed by atoms with Crippen molar-refractivity contribution in [3.05, 3.63) is 11.9 Å². The van der Waals surface area contributed by atoms with Crippen molar-refractivity contribution in [2.45, 2.75) is 46.1 Å². The summed E-state index contributed by atoms with van der Waals surface area (Å²) in [6.07, 6.45) is 5.50. The van der Waals surface area contributed by atoms with Gasteiger partial charge in [0.25, 0.3) is 0 Å². The van der Waals surface area contributed by atoms with Crippen LogP contribution >= 0.6 is 0 Å². The molecule has 0 aliphatic heterocycles. The maximum Gasteiger partial charge on any atom is 0.129 e. The molecule has 0 aliphatic rings. The zero-order valence-corrected chi connectivity index (χ0v) is 8.86. The van der Waals surface area contributed by atoms with Crippen molar-refractivity contribution >= 4 is 5.78 Å². The Kier molecular flexibility index (Phi) is 4.29. The Morgan fingerprint density at radius 2 is 2.29 bits per heavy atom. The lowest BCUT2D eigenvalue weighted by atomic mass is 10.2. The van der Waals surface area contributed by atoms with Crippen LogP contribution in [0.3, 0.4) is 0 Å². The van der Waals surface area contributed by atoms with Crippen molar-refractivity contribution in [1.82, 2.24) is 15.0 Å². The predicted octanol–water partition coefficient (Wildman–Crippen LogP) is 1.60. The van der Waals surface area contributed by atoms with Crippen molar-refractivity contribution in [2.75, 3.05) is 0 Å². The summed E-state index contributed by atoms with van der Waals surface area (Å²) in [6.45, 7) is 4.55. The molecular formula is C10H17N3O. The van der Waals surface area contributed by atoms with Gasteiger partial charge in [-0.15, -0.1) is 5.10 Å². The molecule has 4 nitrogen and oxygen atoms in total. The average molecular weight is 195 g/mol. The van der Waals surface area contributed by atoms with Gasteiger partial charge in [0.2, 0.25) is 0 Å². The second kappa shape index (κ2) is 5.52. The lowest BCUT2D eigenvalue weighted by Crippen LogP contribution is -2.00. The molecule has 0 atom stereocenters. The summed E-state index contributed by atoms with van der Waals surface area (Å²) in [4.78, 5) is 10.7. The molecule has 0 radical (unpaired) electrons. The van der Waals surface area contributed by atoms with Crippen LogP contribution in [0, 0.1) is 0 Å². The van der Waals surface area contributed by atoms with Crippen LogP contribution < -0.4 is 0 Å². The lowest BCUT2D eigenvalue weighted by Gasteiger charge is -1.98. The molecule has 14 heavy (non-hydrogen) atoms. The van der Waals surface area contributed by atoms with E-state index in [2.05, 4.69) is 17.2 Å². The van der Waals surface area contributed by atoms with Crippen molar-refractivity contribution in [3.8, 4) is 0 Å². The fourth-order valence-corrected chi connectivity index (χ4v) is 1.26. The topological polar surface area (TPSA) is 47.8 Å². The molecule has 4 heteroatoms. The third kappa shape index (κ3) is 3.68. The fraction of sp³-hybridized carbons (Fsp3) is 0.700. The third-order valence-electron chi connectivity index (χ3n) is 2.11. The molecule has 1 aromatic heterocycles. The van der Waals surface area contributed by atoms with Gasteiger partial charge >= 0.3 is 0 Å². The van der Waals surface area contributed by atoms with Crippen LogP contribution in [0.25, 0.3) is 0 Å². The molecule has 1 aromatic rings. The van der Waals surface area contributed by atoms with Crippen LogP contribution in [-0.2, 0) is 17.8 Å². The molecule has 0 N–H and O–H groups in total. The van der Waals surface area contributed by atoms with Crippen molar-refractivity contribution in [3.63, 3.8) is 0 Å². The molecule has 1 heterocycles. The number of carbonyl (C=O) groups is 1. The zero-order valence-electron chi connectivity index (χ0n) is 8.86. The fourth-order valence-electron chi connectivity index (χ4n) is 1.26.